The molecule has 0 aliphatic heterocycles. The first-order valence-corrected chi connectivity index (χ1v) is 25.8. The van der Waals surface area contributed by atoms with Gasteiger partial charge in [-0.1, -0.05) is 273 Å². The Kier molecular flexibility index (Phi) is 10.7. The number of benzene rings is 11. The molecular weight excluding hydrogens is 907 g/mol. The minimum absolute atomic E-state index is 0.622. The van der Waals surface area contributed by atoms with Crippen LogP contribution in [0.1, 0.15) is 22.3 Å². The zero-order valence-electron chi connectivity index (χ0n) is 41.1. The van der Waals surface area contributed by atoms with Crippen LogP contribution in [0.25, 0.3) is 83.3 Å². The molecule has 1 aliphatic rings. The lowest BCUT2D eigenvalue weighted by Crippen LogP contribution is -2.28. The normalized spacial score (nSPS) is 12.4. The summed E-state index contributed by atoms with van der Waals surface area (Å²) in [5, 5.41) is 8.05. The van der Waals surface area contributed by atoms with Gasteiger partial charge in [0.1, 0.15) is 5.69 Å². The van der Waals surface area contributed by atoms with E-state index < -0.39 is 5.41 Å². The van der Waals surface area contributed by atoms with E-state index in [0.717, 1.165) is 89.2 Å². The fourth-order valence-corrected chi connectivity index (χ4v) is 12.1. The molecule has 0 saturated carbocycles. The molecule has 0 saturated heterocycles. The number of hydrogen-bond acceptors (Lipinski definition) is 2. The highest BCUT2D eigenvalue weighted by atomic mass is 15.3. The smallest absolute Gasteiger partial charge is 0.101 e. The zero-order valence-corrected chi connectivity index (χ0v) is 41.1. The van der Waals surface area contributed by atoms with E-state index in [-0.39, 0.29) is 0 Å². The summed E-state index contributed by atoms with van der Waals surface area (Å²) in [6.07, 6.45) is 0. The lowest BCUT2D eigenvalue weighted by atomic mass is 9.68. The highest BCUT2D eigenvalue weighted by Gasteiger charge is 2.47. The molecule has 0 unspecified atom stereocenters. The van der Waals surface area contributed by atoms with E-state index in [0.29, 0.717) is 0 Å². The lowest BCUT2D eigenvalue weighted by molar-refractivity contribution is 0.768. The van der Waals surface area contributed by atoms with Crippen LogP contribution in [0.2, 0.25) is 0 Å². The second-order valence-corrected chi connectivity index (χ2v) is 19.4. The SMILES string of the molecule is c1ccc(-c2cc(-c3ccccc3)cc(N(c3cccc4c3-c3ccccc3C4(c3ccccc3)c3ccccc3)c3c(-c4ccccc4)n4nc(-c5ccccc5)c(-c5ccccc5)c4c4ccccc34)c2)cc1. The number of hydrogen-bond donors (Lipinski definition) is 0. The monoisotopic (exact) mass is 955 g/mol. The standard InChI is InChI=1S/C72H49N3/c1-8-27-50(28-9-1)55-47-56(51-29-10-2-11-30-51)49-59(48-55)74(65-46-26-45-64-67(65)62-43-24-25-44-63(62)72(64,57-37-18-6-19-38-57)58-39-20-7-21-40-58)71-61-42-23-22-41-60(61)70-66(52-31-12-3-13-32-52)68(53-33-14-4-15-34-53)73-75(70)69(71)54-35-16-5-17-36-54/h1-49H. The number of fused-ring (bicyclic) bond motifs is 6. The topological polar surface area (TPSA) is 20.5 Å². The van der Waals surface area contributed by atoms with E-state index in [2.05, 4.69) is 307 Å². The third-order valence-corrected chi connectivity index (χ3v) is 15.2. The van der Waals surface area contributed by atoms with Gasteiger partial charge in [0.05, 0.1) is 28.0 Å². The first-order valence-electron chi connectivity index (χ1n) is 25.8. The van der Waals surface area contributed by atoms with E-state index in [1.165, 1.54) is 33.4 Å². The molecule has 14 rings (SSSR count). The van der Waals surface area contributed by atoms with Gasteiger partial charge in [0.25, 0.3) is 0 Å². The second-order valence-electron chi connectivity index (χ2n) is 19.4. The minimum Gasteiger partial charge on any atom is -0.307 e. The van der Waals surface area contributed by atoms with Crippen molar-refractivity contribution in [3.05, 3.63) is 320 Å². The van der Waals surface area contributed by atoms with Gasteiger partial charge in [0, 0.05) is 38.7 Å². The van der Waals surface area contributed by atoms with Gasteiger partial charge in [0.2, 0.25) is 0 Å². The summed E-state index contributed by atoms with van der Waals surface area (Å²) in [6, 6.07) is 108. The summed E-state index contributed by atoms with van der Waals surface area (Å²) in [6.45, 7) is 0. The van der Waals surface area contributed by atoms with E-state index >= 15 is 0 Å². The van der Waals surface area contributed by atoms with Crippen LogP contribution in [0, 0.1) is 0 Å². The van der Waals surface area contributed by atoms with Crippen molar-refractivity contribution in [2.75, 3.05) is 4.90 Å². The van der Waals surface area contributed by atoms with E-state index in [9.17, 15) is 0 Å². The molecule has 11 aromatic carbocycles. The Morgan fingerprint density at radius 3 is 1.36 bits per heavy atom. The highest BCUT2D eigenvalue weighted by molar-refractivity contribution is 6.17. The van der Waals surface area contributed by atoms with Gasteiger partial charge in [-0.25, -0.2) is 4.52 Å². The quantitative estimate of drug-likeness (QED) is 0.136. The molecule has 3 heteroatoms. The van der Waals surface area contributed by atoms with Crippen LogP contribution in [-0.2, 0) is 5.41 Å². The molecule has 2 aromatic heterocycles. The average molecular weight is 956 g/mol. The first kappa shape index (κ1) is 43.9. The number of rotatable bonds is 10. The number of pyridine rings is 1. The summed E-state index contributed by atoms with van der Waals surface area (Å²) in [4.78, 5) is 2.58. The fourth-order valence-electron chi connectivity index (χ4n) is 12.1. The van der Waals surface area contributed by atoms with Crippen LogP contribution in [0.3, 0.4) is 0 Å². The Morgan fingerprint density at radius 2 is 0.787 bits per heavy atom. The van der Waals surface area contributed by atoms with Crippen molar-refractivity contribution in [3.63, 3.8) is 0 Å². The van der Waals surface area contributed by atoms with E-state index in [4.69, 9.17) is 5.10 Å². The maximum atomic E-state index is 5.85. The molecule has 0 fully saturated rings. The molecule has 0 amide bonds. The zero-order chi connectivity index (χ0) is 49.7. The Morgan fingerprint density at radius 1 is 0.333 bits per heavy atom. The maximum Gasteiger partial charge on any atom is 0.101 e. The minimum atomic E-state index is -0.622. The van der Waals surface area contributed by atoms with Gasteiger partial charge in [-0.15, -0.1) is 0 Å². The second kappa shape index (κ2) is 18.3. The Balaban J connectivity index is 1.19. The van der Waals surface area contributed by atoms with Gasteiger partial charge in [-0.2, -0.15) is 5.10 Å². The van der Waals surface area contributed by atoms with Crippen LogP contribution in [0.15, 0.2) is 297 Å². The van der Waals surface area contributed by atoms with Crippen LogP contribution >= 0.6 is 0 Å². The van der Waals surface area contributed by atoms with Crippen LogP contribution in [0.4, 0.5) is 17.1 Å². The molecule has 3 nitrogen and oxygen atoms in total. The van der Waals surface area contributed by atoms with Crippen molar-refractivity contribution in [1.82, 2.24) is 9.61 Å². The first-order chi connectivity index (χ1) is 37.3. The summed E-state index contributed by atoms with van der Waals surface area (Å²) in [5.74, 6) is 0. The molecule has 75 heavy (non-hydrogen) atoms. The lowest BCUT2D eigenvalue weighted by Gasteiger charge is -2.35. The summed E-state index contributed by atoms with van der Waals surface area (Å²) < 4.78 is 2.26. The number of nitrogens with zero attached hydrogens (tertiary/aromatic N) is 3. The van der Waals surface area contributed by atoms with Crippen molar-refractivity contribution in [2.24, 2.45) is 0 Å². The van der Waals surface area contributed by atoms with Crippen molar-refractivity contribution in [1.29, 1.82) is 0 Å². The molecule has 352 valence electrons. The Bertz CT molecular complexity index is 4100. The molecular formula is C72H49N3. The van der Waals surface area contributed by atoms with Crippen LogP contribution in [0.5, 0.6) is 0 Å². The molecule has 1 aliphatic carbocycles. The Hall–Kier alpha value is -9.83. The Labute approximate surface area is 437 Å². The summed E-state index contributed by atoms with van der Waals surface area (Å²) in [5.41, 5.74) is 21.6. The molecule has 0 atom stereocenters. The largest absolute Gasteiger partial charge is 0.307 e. The molecule has 2 heterocycles. The van der Waals surface area contributed by atoms with Gasteiger partial charge >= 0.3 is 0 Å². The number of aromatic nitrogens is 2. The van der Waals surface area contributed by atoms with Crippen molar-refractivity contribution in [2.45, 2.75) is 5.41 Å². The third-order valence-electron chi connectivity index (χ3n) is 15.2. The van der Waals surface area contributed by atoms with Gasteiger partial charge in [-0.05, 0) is 79.9 Å². The van der Waals surface area contributed by atoms with E-state index in [1.54, 1.807) is 0 Å². The van der Waals surface area contributed by atoms with Gasteiger partial charge in [0.15, 0.2) is 0 Å². The van der Waals surface area contributed by atoms with Crippen LogP contribution in [-0.4, -0.2) is 9.61 Å². The van der Waals surface area contributed by atoms with Crippen LogP contribution < -0.4 is 4.90 Å². The molecule has 0 radical (unpaired) electrons. The summed E-state index contributed by atoms with van der Waals surface area (Å²) in [7, 11) is 0. The summed E-state index contributed by atoms with van der Waals surface area (Å²) >= 11 is 0. The average Bonchev–Trinajstić information content (AvgIpc) is 4.13. The molecule has 0 N–H and O–H groups in total. The van der Waals surface area contributed by atoms with E-state index in [1.807, 2.05) is 0 Å². The fraction of sp³-hybridized carbons (Fsp3) is 0.0139. The molecule has 13 aromatic rings. The molecule has 0 spiro atoms. The highest BCUT2D eigenvalue weighted by Crippen LogP contribution is 2.61. The van der Waals surface area contributed by atoms with Crippen molar-refractivity contribution in [3.8, 4) is 67.0 Å². The van der Waals surface area contributed by atoms with Gasteiger partial charge in [-0.3, -0.25) is 0 Å². The van der Waals surface area contributed by atoms with Crippen molar-refractivity contribution >= 4 is 33.4 Å². The third kappa shape index (κ3) is 7.16. The molecule has 0 bridgehead atoms. The van der Waals surface area contributed by atoms with Gasteiger partial charge < -0.3 is 4.90 Å². The number of anilines is 3. The van der Waals surface area contributed by atoms with Crippen molar-refractivity contribution < 1.29 is 0 Å². The maximum absolute atomic E-state index is 5.85. The predicted molar refractivity (Wildman–Crippen MR) is 312 cm³/mol. The predicted octanol–water partition coefficient (Wildman–Crippen LogP) is 18.7.